The normalized spacial score (nSPS) is 10.4. The minimum absolute atomic E-state index is 0.635. The molecule has 118 valence electrons. The molecule has 2 rings (SSSR count). The Labute approximate surface area is 132 Å². The van der Waals surface area contributed by atoms with Crippen molar-refractivity contribution in [3.63, 3.8) is 0 Å². The van der Waals surface area contributed by atoms with Crippen LogP contribution in [0.3, 0.4) is 0 Å². The van der Waals surface area contributed by atoms with Crippen molar-refractivity contribution in [1.82, 2.24) is 0 Å². The van der Waals surface area contributed by atoms with Crippen molar-refractivity contribution in [2.75, 3.05) is 20.3 Å². The first-order chi connectivity index (χ1) is 10.6. The van der Waals surface area contributed by atoms with Crippen LogP contribution in [0.15, 0.2) is 36.4 Å². The van der Waals surface area contributed by atoms with Crippen LogP contribution in [0.5, 0.6) is 17.2 Å². The van der Waals surface area contributed by atoms with Gasteiger partial charge in [-0.15, -0.1) is 0 Å². The Balaban J connectivity index is 1.75. The molecule has 0 atom stereocenters. The number of ether oxygens (including phenoxy) is 3. The van der Waals surface area contributed by atoms with E-state index < -0.39 is 0 Å². The van der Waals surface area contributed by atoms with E-state index >= 15 is 0 Å². The largest absolute Gasteiger partial charge is 0.497 e. The van der Waals surface area contributed by atoms with E-state index in [0.29, 0.717) is 13.2 Å². The van der Waals surface area contributed by atoms with Crippen molar-refractivity contribution >= 4 is 0 Å². The minimum atomic E-state index is 0.635. The summed E-state index contributed by atoms with van der Waals surface area (Å²) in [4.78, 5) is 0. The molecule has 0 N–H and O–H groups in total. The lowest BCUT2D eigenvalue weighted by Crippen LogP contribution is -2.06. The van der Waals surface area contributed by atoms with Gasteiger partial charge in [0.15, 0.2) is 0 Å². The number of hydrogen-bond acceptors (Lipinski definition) is 3. The second-order valence-corrected chi connectivity index (χ2v) is 5.43. The van der Waals surface area contributed by atoms with Crippen molar-refractivity contribution in [1.29, 1.82) is 0 Å². The predicted molar refractivity (Wildman–Crippen MR) is 89.3 cm³/mol. The Hall–Kier alpha value is -2.16. The van der Waals surface area contributed by atoms with Crippen molar-refractivity contribution in [3.8, 4) is 17.2 Å². The van der Waals surface area contributed by atoms with Gasteiger partial charge in [0.1, 0.15) is 17.2 Å². The molecule has 0 amide bonds. The first kappa shape index (κ1) is 16.2. The smallest absolute Gasteiger partial charge is 0.122 e. The fourth-order valence-corrected chi connectivity index (χ4v) is 2.25. The summed E-state index contributed by atoms with van der Waals surface area (Å²) in [6.07, 6.45) is 0.846. The monoisotopic (exact) mass is 300 g/mol. The van der Waals surface area contributed by atoms with Gasteiger partial charge in [0.05, 0.1) is 20.3 Å². The molecule has 0 fully saturated rings. The number of hydrogen-bond donors (Lipinski definition) is 0. The summed E-state index contributed by atoms with van der Waals surface area (Å²) in [6.45, 7) is 7.59. The highest BCUT2D eigenvalue weighted by molar-refractivity contribution is 5.41. The van der Waals surface area contributed by atoms with Crippen LogP contribution >= 0.6 is 0 Å². The van der Waals surface area contributed by atoms with Crippen LogP contribution < -0.4 is 14.2 Å². The number of rotatable bonds is 7. The third-order valence-electron chi connectivity index (χ3n) is 3.64. The van der Waals surface area contributed by atoms with Gasteiger partial charge >= 0.3 is 0 Å². The Morgan fingerprint density at radius 1 is 0.818 bits per heavy atom. The summed E-state index contributed by atoms with van der Waals surface area (Å²) in [6, 6.07) is 11.9. The zero-order chi connectivity index (χ0) is 15.9. The van der Waals surface area contributed by atoms with Gasteiger partial charge in [-0.2, -0.15) is 0 Å². The Morgan fingerprint density at radius 3 is 2.14 bits per heavy atom. The van der Waals surface area contributed by atoms with Crippen LogP contribution in [0.1, 0.15) is 23.1 Å². The molecule has 0 radical (unpaired) electrons. The van der Waals surface area contributed by atoms with Crippen LogP contribution in [0.4, 0.5) is 0 Å². The molecule has 0 aliphatic heterocycles. The highest BCUT2D eigenvalue weighted by Crippen LogP contribution is 2.23. The average Bonchev–Trinajstić information content (AvgIpc) is 2.52. The molecule has 3 nitrogen and oxygen atoms in total. The molecule has 0 aliphatic rings. The van der Waals surface area contributed by atoms with Gasteiger partial charge in [-0.25, -0.2) is 0 Å². The van der Waals surface area contributed by atoms with Gasteiger partial charge in [-0.05, 0) is 67.8 Å². The fourth-order valence-electron chi connectivity index (χ4n) is 2.25. The van der Waals surface area contributed by atoms with Gasteiger partial charge < -0.3 is 14.2 Å². The quantitative estimate of drug-likeness (QED) is 0.706. The Kier molecular flexibility index (Phi) is 5.70. The Bertz CT molecular complexity index is 603. The van der Waals surface area contributed by atoms with Crippen LogP contribution in [0, 0.1) is 20.8 Å². The van der Waals surface area contributed by atoms with E-state index in [9.17, 15) is 0 Å². The van der Waals surface area contributed by atoms with Gasteiger partial charge in [-0.3, -0.25) is 0 Å². The van der Waals surface area contributed by atoms with Gasteiger partial charge in [-0.1, -0.05) is 6.07 Å². The van der Waals surface area contributed by atoms with E-state index in [1.807, 2.05) is 24.3 Å². The molecule has 22 heavy (non-hydrogen) atoms. The molecular weight excluding hydrogens is 276 g/mol. The van der Waals surface area contributed by atoms with Crippen LogP contribution in [0.25, 0.3) is 0 Å². The first-order valence-electron chi connectivity index (χ1n) is 7.57. The van der Waals surface area contributed by atoms with E-state index in [0.717, 1.165) is 23.7 Å². The molecule has 0 aromatic heterocycles. The SMILES string of the molecule is COc1ccc(OCCCOc2cc(C)cc(C)c2C)cc1. The topological polar surface area (TPSA) is 27.7 Å². The van der Waals surface area contributed by atoms with Gasteiger partial charge in [0, 0.05) is 6.42 Å². The van der Waals surface area contributed by atoms with E-state index in [-0.39, 0.29) is 0 Å². The van der Waals surface area contributed by atoms with Gasteiger partial charge in [0.2, 0.25) is 0 Å². The average molecular weight is 300 g/mol. The van der Waals surface area contributed by atoms with E-state index in [1.54, 1.807) is 7.11 Å². The molecule has 0 saturated heterocycles. The lowest BCUT2D eigenvalue weighted by molar-refractivity contribution is 0.246. The first-order valence-corrected chi connectivity index (χ1v) is 7.57. The van der Waals surface area contributed by atoms with Crippen LogP contribution in [0.2, 0.25) is 0 Å². The number of benzene rings is 2. The summed E-state index contributed by atoms with van der Waals surface area (Å²) >= 11 is 0. The summed E-state index contributed by atoms with van der Waals surface area (Å²) in [7, 11) is 1.65. The zero-order valence-corrected chi connectivity index (χ0v) is 13.8. The molecule has 0 saturated carbocycles. The number of aryl methyl sites for hydroxylation is 2. The Morgan fingerprint density at radius 2 is 1.45 bits per heavy atom. The third-order valence-corrected chi connectivity index (χ3v) is 3.64. The zero-order valence-electron chi connectivity index (χ0n) is 13.8. The summed E-state index contributed by atoms with van der Waals surface area (Å²) in [5.74, 6) is 2.66. The molecule has 0 aliphatic carbocycles. The molecule has 0 heterocycles. The molecule has 2 aromatic carbocycles. The second-order valence-electron chi connectivity index (χ2n) is 5.43. The van der Waals surface area contributed by atoms with Crippen molar-refractivity contribution in [3.05, 3.63) is 53.1 Å². The molecule has 3 heteroatoms. The standard InChI is InChI=1S/C19H24O3/c1-14-12-15(2)16(3)19(13-14)22-11-5-10-21-18-8-6-17(20-4)7-9-18/h6-9,12-13H,5,10-11H2,1-4H3. The molecule has 0 bridgehead atoms. The van der Waals surface area contributed by atoms with E-state index in [2.05, 4.69) is 32.9 Å². The maximum Gasteiger partial charge on any atom is 0.122 e. The van der Waals surface area contributed by atoms with E-state index in [4.69, 9.17) is 14.2 Å². The minimum Gasteiger partial charge on any atom is -0.497 e. The lowest BCUT2D eigenvalue weighted by Gasteiger charge is -2.12. The van der Waals surface area contributed by atoms with Crippen molar-refractivity contribution in [2.24, 2.45) is 0 Å². The maximum absolute atomic E-state index is 5.87. The molecule has 2 aromatic rings. The summed E-state index contributed by atoms with van der Waals surface area (Å²) in [5.41, 5.74) is 3.71. The summed E-state index contributed by atoms with van der Waals surface area (Å²) < 4.78 is 16.7. The number of methoxy groups -OCH3 is 1. The van der Waals surface area contributed by atoms with Crippen molar-refractivity contribution in [2.45, 2.75) is 27.2 Å². The lowest BCUT2D eigenvalue weighted by atomic mass is 10.1. The van der Waals surface area contributed by atoms with Crippen LogP contribution in [-0.2, 0) is 0 Å². The highest BCUT2D eigenvalue weighted by atomic mass is 16.5. The fraction of sp³-hybridized carbons (Fsp3) is 0.368. The second kappa shape index (κ2) is 7.74. The predicted octanol–water partition coefficient (Wildman–Crippen LogP) is 4.47. The van der Waals surface area contributed by atoms with Crippen molar-refractivity contribution < 1.29 is 14.2 Å². The summed E-state index contributed by atoms with van der Waals surface area (Å²) in [5, 5.41) is 0. The van der Waals surface area contributed by atoms with Gasteiger partial charge in [0.25, 0.3) is 0 Å². The maximum atomic E-state index is 5.87. The van der Waals surface area contributed by atoms with E-state index in [1.165, 1.54) is 16.7 Å². The molecule has 0 unspecified atom stereocenters. The highest BCUT2D eigenvalue weighted by Gasteiger charge is 2.04. The molecular formula is C19H24O3. The molecule has 0 spiro atoms. The third kappa shape index (κ3) is 4.42. The van der Waals surface area contributed by atoms with Crippen LogP contribution in [-0.4, -0.2) is 20.3 Å².